The van der Waals surface area contributed by atoms with Crippen molar-refractivity contribution in [1.29, 1.82) is 0 Å². The SMILES string of the molecule is Cc1c(C(=O)N2CCc3c(noc3-c3ccc(Cl)cc3)C2)cccc1[N+](=O)[O-]. The van der Waals surface area contributed by atoms with E-state index in [9.17, 15) is 14.9 Å². The lowest BCUT2D eigenvalue weighted by Crippen LogP contribution is -2.36. The van der Waals surface area contributed by atoms with Gasteiger partial charge in [-0.2, -0.15) is 0 Å². The number of carbonyl (C=O) groups is 1. The fourth-order valence-electron chi connectivity index (χ4n) is 3.46. The summed E-state index contributed by atoms with van der Waals surface area (Å²) in [6.07, 6.45) is 0.594. The number of nitrogens with zero attached hydrogens (tertiary/aromatic N) is 3. The number of halogens is 1. The third-order valence-corrected chi connectivity index (χ3v) is 5.22. The van der Waals surface area contributed by atoms with Crippen molar-refractivity contribution in [3.05, 3.63) is 80.0 Å². The molecule has 0 radical (unpaired) electrons. The van der Waals surface area contributed by atoms with Crippen molar-refractivity contribution < 1.29 is 14.2 Å². The molecule has 0 fully saturated rings. The van der Waals surface area contributed by atoms with Gasteiger partial charge in [0.2, 0.25) is 0 Å². The zero-order valence-electron chi connectivity index (χ0n) is 15.0. The second-order valence-electron chi connectivity index (χ2n) is 6.63. The smallest absolute Gasteiger partial charge is 0.273 e. The number of amides is 1. The molecule has 0 N–H and O–H groups in total. The molecule has 8 heteroatoms. The summed E-state index contributed by atoms with van der Waals surface area (Å²) < 4.78 is 5.53. The molecule has 0 saturated carbocycles. The molecule has 2 heterocycles. The molecule has 142 valence electrons. The van der Waals surface area contributed by atoms with Crippen molar-refractivity contribution >= 4 is 23.2 Å². The molecule has 0 bridgehead atoms. The Balaban J connectivity index is 1.60. The van der Waals surface area contributed by atoms with Crippen LogP contribution < -0.4 is 0 Å². The van der Waals surface area contributed by atoms with E-state index >= 15 is 0 Å². The summed E-state index contributed by atoms with van der Waals surface area (Å²) in [5.74, 6) is 0.438. The molecule has 4 rings (SSSR count). The Morgan fingerprint density at radius 2 is 2.00 bits per heavy atom. The number of nitro groups is 1. The van der Waals surface area contributed by atoms with Gasteiger partial charge in [-0.3, -0.25) is 14.9 Å². The van der Waals surface area contributed by atoms with Crippen LogP contribution in [0.15, 0.2) is 47.0 Å². The summed E-state index contributed by atoms with van der Waals surface area (Å²) in [5.41, 5.74) is 3.20. The van der Waals surface area contributed by atoms with E-state index in [2.05, 4.69) is 5.16 Å². The van der Waals surface area contributed by atoms with Crippen LogP contribution in [0.4, 0.5) is 5.69 Å². The zero-order chi connectivity index (χ0) is 19.8. The van der Waals surface area contributed by atoms with Gasteiger partial charge in [-0.15, -0.1) is 0 Å². The quantitative estimate of drug-likeness (QED) is 0.482. The molecule has 0 unspecified atom stereocenters. The van der Waals surface area contributed by atoms with Gasteiger partial charge in [0.15, 0.2) is 5.76 Å². The van der Waals surface area contributed by atoms with Gasteiger partial charge < -0.3 is 9.42 Å². The highest BCUT2D eigenvalue weighted by atomic mass is 35.5. The highest BCUT2D eigenvalue weighted by Gasteiger charge is 2.29. The predicted molar refractivity (Wildman–Crippen MR) is 103 cm³/mol. The number of rotatable bonds is 3. The van der Waals surface area contributed by atoms with Gasteiger partial charge in [0, 0.05) is 39.9 Å². The number of aromatic nitrogens is 1. The molecule has 0 spiro atoms. The first kappa shape index (κ1) is 18.2. The topological polar surface area (TPSA) is 89.5 Å². The van der Waals surface area contributed by atoms with E-state index in [-0.39, 0.29) is 11.6 Å². The molecule has 1 aliphatic heterocycles. The normalized spacial score (nSPS) is 13.3. The van der Waals surface area contributed by atoms with Crippen LogP contribution in [-0.2, 0) is 13.0 Å². The van der Waals surface area contributed by atoms with Gasteiger partial charge in [-0.25, -0.2) is 0 Å². The molecule has 2 aromatic carbocycles. The molecule has 1 aromatic heterocycles. The van der Waals surface area contributed by atoms with Crippen molar-refractivity contribution in [3.8, 4) is 11.3 Å². The maximum Gasteiger partial charge on any atom is 0.273 e. The summed E-state index contributed by atoms with van der Waals surface area (Å²) in [6.45, 7) is 2.37. The van der Waals surface area contributed by atoms with Crippen LogP contribution in [0.2, 0.25) is 5.02 Å². The Morgan fingerprint density at radius 1 is 1.25 bits per heavy atom. The van der Waals surface area contributed by atoms with Gasteiger partial charge in [0.05, 0.1) is 11.5 Å². The van der Waals surface area contributed by atoms with Gasteiger partial charge in [0.1, 0.15) is 5.69 Å². The molecule has 1 amide bonds. The van der Waals surface area contributed by atoms with E-state index in [1.165, 1.54) is 12.1 Å². The van der Waals surface area contributed by atoms with Crippen molar-refractivity contribution in [2.45, 2.75) is 19.9 Å². The third-order valence-electron chi connectivity index (χ3n) is 4.97. The van der Waals surface area contributed by atoms with Gasteiger partial charge in [0.25, 0.3) is 11.6 Å². The minimum atomic E-state index is -0.476. The summed E-state index contributed by atoms with van der Waals surface area (Å²) in [4.78, 5) is 25.3. The second kappa shape index (κ2) is 7.09. The Kier molecular flexibility index (Phi) is 4.60. The van der Waals surface area contributed by atoms with Crippen molar-refractivity contribution in [2.75, 3.05) is 6.54 Å². The van der Waals surface area contributed by atoms with E-state index in [0.717, 1.165) is 11.1 Å². The number of benzene rings is 2. The van der Waals surface area contributed by atoms with Gasteiger partial charge in [-0.1, -0.05) is 22.8 Å². The second-order valence-corrected chi connectivity index (χ2v) is 7.06. The van der Waals surface area contributed by atoms with Crippen molar-refractivity contribution in [2.24, 2.45) is 0 Å². The lowest BCUT2D eigenvalue weighted by atomic mass is 9.99. The molecule has 0 atom stereocenters. The standard InChI is InChI=1S/C20H16ClN3O4/c1-12-15(3-2-4-18(12)24(26)27)20(25)23-10-9-16-17(11-23)22-28-19(16)13-5-7-14(21)8-6-13/h2-8H,9-11H2,1H3. The number of hydrogen-bond donors (Lipinski definition) is 0. The van der Waals surface area contributed by atoms with E-state index in [1.54, 1.807) is 30.0 Å². The molecule has 28 heavy (non-hydrogen) atoms. The van der Waals surface area contributed by atoms with Crippen LogP contribution in [0.3, 0.4) is 0 Å². The first-order chi connectivity index (χ1) is 13.5. The minimum absolute atomic E-state index is 0.0602. The summed E-state index contributed by atoms with van der Waals surface area (Å²) in [5, 5.41) is 15.9. The Morgan fingerprint density at radius 3 is 2.71 bits per heavy atom. The molecular weight excluding hydrogens is 382 g/mol. The average Bonchev–Trinajstić information content (AvgIpc) is 3.11. The molecule has 7 nitrogen and oxygen atoms in total. The third kappa shape index (κ3) is 3.14. The minimum Gasteiger partial charge on any atom is -0.356 e. The maximum atomic E-state index is 12.9. The number of nitro benzene ring substituents is 1. The molecule has 3 aromatic rings. The van der Waals surface area contributed by atoms with Crippen LogP contribution in [0.1, 0.15) is 27.2 Å². The Labute approximate surface area is 165 Å². The summed E-state index contributed by atoms with van der Waals surface area (Å²) in [7, 11) is 0. The highest BCUT2D eigenvalue weighted by Crippen LogP contribution is 2.32. The maximum absolute atomic E-state index is 12.9. The van der Waals surface area contributed by atoms with E-state index < -0.39 is 4.92 Å². The lowest BCUT2D eigenvalue weighted by molar-refractivity contribution is -0.385. The van der Waals surface area contributed by atoms with Gasteiger partial charge >= 0.3 is 0 Å². The van der Waals surface area contributed by atoms with Crippen LogP contribution in [0, 0.1) is 17.0 Å². The fraction of sp³-hybridized carbons (Fsp3) is 0.200. The van der Waals surface area contributed by atoms with Crippen molar-refractivity contribution in [3.63, 3.8) is 0 Å². The number of carbonyl (C=O) groups excluding carboxylic acids is 1. The number of fused-ring (bicyclic) bond motifs is 1. The van der Waals surface area contributed by atoms with Crippen LogP contribution >= 0.6 is 11.6 Å². The van der Waals surface area contributed by atoms with Crippen molar-refractivity contribution in [1.82, 2.24) is 10.1 Å². The van der Waals surface area contributed by atoms with Crippen LogP contribution in [0.25, 0.3) is 11.3 Å². The van der Waals surface area contributed by atoms with Crippen LogP contribution in [0.5, 0.6) is 0 Å². The molecule has 0 saturated heterocycles. The predicted octanol–water partition coefficient (Wildman–Crippen LogP) is 4.41. The average molecular weight is 398 g/mol. The Bertz CT molecular complexity index is 1080. The first-order valence-corrected chi connectivity index (χ1v) is 9.10. The first-order valence-electron chi connectivity index (χ1n) is 8.72. The van der Waals surface area contributed by atoms with E-state index in [0.29, 0.717) is 47.1 Å². The van der Waals surface area contributed by atoms with Gasteiger partial charge in [-0.05, 0) is 43.7 Å². The zero-order valence-corrected chi connectivity index (χ0v) is 15.8. The summed E-state index contributed by atoms with van der Waals surface area (Å²) >= 11 is 5.94. The monoisotopic (exact) mass is 397 g/mol. The lowest BCUT2D eigenvalue weighted by Gasteiger charge is -2.26. The largest absolute Gasteiger partial charge is 0.356 e. The molecule has 0 aliphatic carbocycles. The fourth-order valence-corrected chi connectivity index (χ4v) is 3.58. The summed E-state index contributed by atoms with van der Waals surface area (Å²) in [6, 6.07) is 11.9. The highest BCUT2D eigenvalue weighted by molar-refractivity contribution is 6.30. The van der Waals surface area contributed by atoms with Crippen LogP contribution in [-0.4, -0.2) is 27.4 Å². The molecular formula is C20H16ClN3O4. The number of hydrogen-bond acceptors (Lipinski definition) is 5. The van der Waals surface area contributed by atoms with E-state index in [1.807, 2.05) is 12.1 Å². The molecule has 1 aliphatic rings. The Hall–Kier alpha value is -3.19. The van der Waals surface area contributed by atoms with E-state index in [4.69, 9.17) is 16.1 Å².